The van der Waals surface area contributed by atoms with E-state index in [4.69, 9.17) is 44.6 Å². The maximum atomic E-state index is 12.8. The molecule has 0 saturated carbocycles. The monoisotopic (exact) mass is 566 g/mol. The molecular formula is C29H25Cl3N4O2. The van der Waals surface area contributed by atoms with E-state index in [1.165, 1.54) is 0 Å². The first-order valence-electron chi connectivity index (χ1n) is 12.4. The smallest absolute Gasteiger partial charge is 0.389 e. The number of halogens is 3. The molecule has 6 nitrogen and oxygen atoms in total. The van der Waals surface area contributed by atoms with Crippen molar-refractivity contribution in [2.75, 3.05) is 6.54 Å². The summed E-state index contributed by atoms with van der Waals surface area (Å²) in [5.41, 5.74) is 5.37. The predicted molar refractivity (Wildman–Crippen MR) is 152 cm³/mol. The van der Waals surface area contributed by atoms with Gasteiger partial charge in [-0.2, -0.15) is 0 Å². The zero-order valence-corrected chi connectivity index (χ0v) is 22.7. The second-order valence-corrected chi connectivity index (χ2v) is 10.2. The van der Waals surface area contributed by atoms with Crippen molar-refractivity contribution in [3.63, 3.8) is 0 Å². The predicted octanol–water partition coefficient (Wildman–Crippen LogP) is 7.83. The number of carbonyl (C=O) groups excluding carboxylic acids is 1. The molecule has 0 spiro atoms. The third-order valence-corrected chi connectivity index (χ3v) is 7.08. The molecule has 0 fully saturated rings. The van der Waals surface area contributed by atoms with Crippen LogP contribution in [-0.4, -0.2) is 27.4 Å². The van der Waals surface area contributed by atoms with Crippen LogP contribution in [0, 0.1) is 0 Å². The lowest BCUT2D eigenvalue weighted by Crippen LogP contribution is -2.29. The number of hydrogen-bond donors (Lipinski definition) is 1. The molecule has 0 radical (unpaired) electrons. The van der Waals surface area contributed by atoms with Crippen molar-refractivity contribution in [1.82, 2.24) is 20.1 Å². The number of nitrogens with one attached hydrogen (secondary N) is 1. The van der Waals surface area contributed by atoms with Gasteiger partial charge in [-0.3, -0.25) is 4.98 Å². The number of amides is 1. The standard InChI is InChI=1S/C29H25Cl3N4O2/c30-21-10-8-19(9-11-21)17-20-5-1-2-7-24-27(20)36(26-13-12-22(31)18-25(26)32)35-28(24)38-29(37)34-16-14-23-6-3-4-15-33-23/h3-4,6,8-13,15,17-18H,1-2,5,7,14,16H2,(H,34,37)/b20-17+. The molecule has 0 unspecified atom stereocenters. The van der Waals surface area contributed by atoms with Crippen LogP contribution >= 0.6 is 34.8 Å². The van der Waals surface area contributed by atoms with Crippen molar-refractivity contribution >= 4 is 52.5 Å². The van der Waals surface area contributed by atoms with E-state index in [1.807, 2.05) is 48.5 Å². The number of allylic oxidation sites excluding steroid dienone is 1. The van der Waals surface area contributed by atoms with E-state index in [9.17, 15) is 4.79 Å². The van der Waals surface area contributed by atoms with Crippen molar-refractivity contribution in [1.29, 1.82) is 0 Å². The Morgan fingerprint density at radius 1 is 1.00 bits per heavy atom. The van der Waals surface area contributed by atoms with Gasteiger partial charge in [0.2, 0.25) is 5.88 Å². The first-order valence-corrected chi connectivity index (χ1v) is 13.5. The summed E-state index contributed by atoms with van der Waals surface area (Å²) >= 11 is 18.9. The first kappa shape index (κ1) is 26.3. The second-order valence-electron chi connectivity index (χ2n) is 8.96. The molecule has 0 bridgehead atoms. The molecule has 1 N–H and O–H groups in total. The summed E-state index contributed by atoms with van der Waals surface area (Å²) in [5.74, 6) is 0.269. The van der Waals surface area contributed by atoms with Crippen molar-refractivity contribution in [3.8, 4) is 11.6 Å². The Balaban J connectivity index is 1.50. The van der Waals surface area contributed by atoms with Crippen LogP contribution in [0.5, 0.6) is 5.88 Å². The van der Waals surface area contributed by atoms with Crippen LogP contribution in [-0.2, 0) is 12.8 Å². The van der Waals surface area contributed by atoms with Crippen LogP contribution in [0.3, 0.4) is 0 Å². The van der Waals surface area contributed by atoms with Crippen LogP contribution in [0.1, 0.15) is 41.8 Å². The highest BCUT2D eigenvalue weighted by atomic mass is 35.5. The molecule has 1 amide bonds. The summed E-state index contributed by atoms with van der Waals surface area (Å²) in [6, 6.07) is 18.6. The van der Waals surface area contributed by atoms with Crippen LogP contribution < -0.4 is 10.1 Å². The second kappa shape index (κ2) is 12.0. The average Bonchev–Trinajstić information content (AvgIpc) is 3.11. The van der Waals surface area contributed by atoms with E-state index < -0.39 is 6.09 Å². The number of nitrogens with zero attached hydrogens (tertiary/aromatic N) is 3. The zero-order valence-electron chi connectivity index (χ0n) is 20.5. The van der Waals surface area contributed by atoms with Crippen molar-refractivity contribution in [2.24, 2.45) is 0 Å². The van der Waals surface area contributed by atoms with E-state index in [1.54, 1.807) is 23.0 Å². The molecule has 38 heavy (non-hydrogen) atoms. The van der Waals surface area contributed by atoms with Gasteiger partial charge in [0.1, 0.15) is 0 Å². The van der Waals surface area contributed by atoms with E-state index in [2.05, 4.69) is 16.4 Å². The number of aromatic nitrogens is 3. The van der Waals surface area contributed by atoms with Gasteiger partial charge in [-0.15, -0.1) is 5.10 Å². The summed E-state index contributed by atoms with van der Waals surface area (Å²) in [6.45, 7) is 0.392. The van der Waals surface area contributed by atoms with Gasteiger partial charge in [0.15, 0.2) is 0 Å². The van der Waals surface area contributed by atoms with Gasteiger partial charge >= 0.3 is 6.09 Å². The molecule has 2 heterocycles. The van der Waals surface area contributed by atoms with Crippen molar-refractivity contribution < 1.29 is 9.53 Å². The van der Waals surface area contributed by atoms with Gasteiger partial charge in [0.25, 0.3) is 0 Å². The van der Waals surface area contributed by atoms with Gasteiger partial charge < -0.3 is 10.1 Å². The highest BCUT2D eigenvalue weighted by Gasteiger charge is 2.27. The molecule has 4 aromatic rings. The van der Waals surface area contributed by atoms with Crippen molar-refractivity contribution in [3.05, 3.63) is 104 Å². The number of rotatable bonds is 6. The normalized spacial score (nSPS) is 14.1. The molecule has 1 aliphatic carbocycles. The molecule has 5 rings (SSSR count). The van der Waals surface area contributed by atoms with Gasteiger partial charge in [-0.05, 0) is 85.4 Å². The lowest BCUT2D eigenvalue weighted by molar-refractivity contribution is 0.198. The first-order chi connectivity index (χ1) is 18.5. The highest BCUT2D eigenvalue weighted by molar-refractivity contribution is 6.35. The van der Waals surface area contributed by atoms with Crippen LogP contribution in [0.2, 0.25) is 15.1 Å². The number of ether oxygens (including phenoxy) is 1. The molecule has 1 aliphatic rings. The fourth-order valence-electron chi connectivity index (χ4n) is 4.49. The highest BCUT2D eigenvalue weighted by Crippen LogP contribution is 2.39. The number of fused-ring (bicyclic) bond motifs is 1. The van der Waals surface area contributed by atoms with E-state index >= 15 is 0 Å². The molecular weight excluding hydrogens is 543 g/mol. The largest absolute Gasteiger partial charge is 0.414 e. The molecule has 2 aromatic carbocycles. The van der Waals surface area contributed by atoms with E-state index in [0.717, 1.165) is 53.8 Å². The molecule has 2 aromatic heterocycles. The molecule has 0 saturated heterocycles. The van der Waals surface area contributed by atoms with Crippen LogP contribution in [0.25, 0.3) is 17.3 Å². The molecule has 194 valence electrons. The van der Waals surface area contributed by atoms with E-state index in [-0.39, 0.29) is 5.88 Å². The number of carbonyl (C=O) groups is 1. The van der Waals surface area contributed by atoms with Gasteiger partial charge in [-0.1, -0.05) is 53.0 Å². The van der Waals surface area contributed by atoms with Gasteiger partial charge in [-0.25, -0.2) is 9.48 Å². The summed E-state index contributed by atoms with van der Waals surface area (Å²) in [4.78, 5) is 17.0. The average molecular weight is 568 g/mol. The summed E-state index contributed by atoms with van der Waals surface area (Å²) in [6.07, 6.45) is 7.35. The minimum absolute atomic E-state index is 0.269. The fraction of sp³-hybridized carbons (Fsp3) is 0.207. The zero-order chi connectivity index (χ0) is 26.5. The Hall–Kier alpha value is -3.32. The van der Waals surface area contributed by atoms with Gasteiger partial charge in [0.05, 0.1) is 16.4 Å². The van der Waals surface area contributed by atoms with Gasteiger partial charge in [0, 0.05) is 40.5 Å². The third-order valence-electron chi connectivity index (χ3n) is 6.29. The minimum Gasteiger partial charge on any atom is -0.389 e. The molecule has 0 atom stereocenters. The number of benzene rings is 2. The van der Waals surface area contributed by atoms with E-state index in [0.29, 0.717) is 33.7 Å². The maximum absolute atomic E-state index is 12.8. The minimum atomic E-state index is -0.567. The van der Waals surface area contributed by atoms with Crippen LogP contribution in [0.4, 0.5) is 4.79 Å². The molecule has 0 aliphatic heterocycles. The Kier molecular flexibility index (Phi) is 8.32. The Bertz CT molecular complexity index is 1470. The SMILES string of the molecule is O=C(NCCc1ccccn1)Oc1nn(-c2ccc(Cl)cc2Cl)c2c1CCCC/C2=C\c1ccc(Cl)cc1. The van der Waals surface area contributed by atoms with Crippen LogP contribution in [0.15, 0.2) is 66.9 Å². The summed E-state index contributed by atoms with van der Waals surface area (Å²) < 4.78 is 7.53. The lowest BCUT2D eigenvalue weighted by atomic mass is 10.0. The Labute approximate surface area is 236 Å². The summed E-state index contributed by atoms with van der Waals surface area (Å²) in [5, 5.41) is 9.19. The topological polar surface area (TPSA) is 69.0 Å². The molecule has 9 heteroatoms. The number of hydrogen-bond acceptors (Lipinski definition) is 4. The number of pyridine rings is 1. The quantitative estimate of drug-likeness (QED) is 0.241. The van der Waals surface area contributed by atoms with Crippen molar-refractivity contribution in [2.45, 2.75) is 32.1 Å². The lowest BCUT2D eigenvalue weighted by Gasteiger charge is -2.12. The Morgan fingerprint density at radius 2 is 1.79 bits per heavy atom. The summed E-state index contributed by atoms with van der Waals surface area (Å²) in [7, 11) is 0. The fourth-order valence-corrected chi connectivity index (χ4v) is 5.11. The third kappa shape index (κ3) is 6.21. The Morgan fingerprint density at radius 3 is 2.55 bits per heavy atom. The maximum Gasteiger partial charge on any atom is 0.414 e.